The average molecular weight is 693 g/mol. The lowest BCUT2D eigenvalue weighted by atomic mass is 10.1. The van der Waals surface area contributed by atoms with E-state index in [9.17, 15) is 57.0 Å². The van der Waals surface area contributed by atoms with E-state index in [1.165, 1.54) is 12.1 Å². The summed E-state index contributed by atoms with van der Waals surface area (Å²) >= 11 is 5.04. The van der Waals surface area contributed by atoms with Crippen LogP contribution in [0.2, 0.25) is 0 Å². The van der Waals surface area contributed by atoms with Gasteiger partial charge in [-0.2, -0.15) is 0 Å². The van der Waals surface area contributed by atoms with Gasteiger partial charge in [0.2, 0.25) is 27.7 Å². The molecule has 0 heterocycles. The molecule has 252 valence electrons. The molecule has 0 radical (unpaired) electrons. The Morgan fingerprint density at radius 1 is 0.609 bits per heavy atom. The summed E-state index contributed by atoms with van der Waals surface area (Å²) in [5.41, 5.74) is 0.166. The Morgan fingerprint density at radius 2 is 0.935 bits per heavy atom. The number of nitrogens with one attached hydrogen (secondary N) is 5. The molecule has 1 aromatic carbocycles. The van der Waals surface area contributed by atoms with Gasteiger partial charge in [-0.25, -0.2) is 18.4 Å². The highest BCUT2D eigenvalue weighted by molar-refractivity contribution is 7.89. The minimum Gasteiger partial charge on any atom is -0.481 e. The van der Waals surface area contributed by atoms with Crippen molar-refractivity contribution in [3.05, 3.63) is 24.3 Å². The zero-order chi connectivity index (χ0) is 35.4. The lowest BCUT2D eigenvalue weighted by Gasteiger charge is -2.25. The molecule has 0 aliphatic heterocycles. The Kier molecular flexibility index (Phi) is 14.4. The second-order valence-electron chi connectivity index (χ2n) is 9.13. The maximum absolute atomic E-state index is 13.0. The molecule has 0 fully saturated rings. The number of carboxylic acids is 5. The predicted molar refractivity (Wildman–Crippen MR) is 153 cm³/mol. The summed E-state index contributed by atoms with van der Waals surface area (Å²) in [6.45, 7) is 0. The first-order valence-electron chi connectivity index (χ1n) is 12.4. The van der Waals surface area contributed by atoms with Crippen molar-refractivity contribution in [1.82, 2.24) is 21.3 Å². The first-order chi connectivity index (χ1) is 21.2. The van der Waals surface area contributed by atoms with Crippen LogP contribution < -0.4 is 31.7 Å². The molecular formula is C23H28N6O15S2. The number of rotatable bonds is 18. The summed E-state index contributed by atoms with van der Waals surface area (Å²) < 4.78 is 22.8. The number of carbonyl (C=O) groups excluding carboxylic acids is 3. The Hall–Kier alpha value is -5.42. The summed E-state index contributed by atoms with van der Waals surface area (Å²) in [5, 5.41) is 60.6. The number of nitrogens with two attached hydrogens (primary N) is 1. The van der Waals surface area contributed by atoms with Crippen LogP contribution in [0.5, 0.6) is 0 Å². The Morgan fingerprint density at radius 3 is 1.26 bits per heavy atom. The van der Waals surface area contributed by atoms with Gasteiger partial charge in [0.15, 0.2) is 5.11 Å². The Labute approximate surface area is 263 Å². The molecule has 23 heteroatoms. The summed E-state index contributed by atoms with van der Waals surface area (Å²) in [7, 11) is -4.02. The van der Waals surface area contributed by atoms with Gasteiger partial charge < -0.3 is 52.1 Å². The topological polar surface area (TPSA) is 358 Å². The van der Waals surface area contributed by atoms with E-state index in [-0.39, 0.29) is 15.7 Å². The van der Waals surface area contributed by atoms with Gasteiger partial charge >= 0.3 is 29.8 Å². The largest absolute Gasteiger partial charge is 0.481 e. The average Bonchev–Trinajstić information content (AvgIpc) is 2.90. The number of carboxylic acid groups (broad SMARTS) is 5. The molecular weight excluding hydrogens is 664 g/mol. The van der Waals surface area contributed by atoms with E-state index in [0.717, 1.165) is 12.1 Å². The first-order valence-corrected chi connectivity index (χ1v) is 14.4. The lowest BCUT2D eigenvalue weighted by molar-refractivity contribution is -0.148. The number of hydrogen-bond acceptors (Lipinski definition) is 11. The van der Waals surface area contributed by atoms with E-state index < -0.39 is 107 Å². The molecule has 0 saturated heterocycles. The number of amides is 3. The van der Waals surface area contributed by atoms with Crippen LogP contribution >= 0.6 is 12.2 Å². The van der Waals surface area contributed by atoms with Crippen LogP contribution in [0, 0.1) is 0 Å². The van der Waals surface area contributed by atoms with Gasteiger partial charge in [-0.3, -0.25) is 33.6 Å². The monoisotopic (exact) mass is 692 g/mol. The zero-order valence-electron chi connectivity index (χ0n) is 23.2. The molecule has 3 amide bonds. The van der Waals surface area contributed by atoms with Crippen molar-refractivity contribution in [2.75, 3.05) is 5.32 Å². The third kappa shape index (κ3) is 13.9. The van der Waals surface area contributed by atoms with Gasteiger partial charge in [0.25, 0.3) is 0 Å². The number of hydrogen-bond donors (Lipinski definition) is 11. The Balaban J connectivity index is 3.15. The van der Waals surface area contributed by atoms with Crippen molar-refractivity contribution in [2.45, 2.75) is 54.7 Å². The number of carbonyl (C=O) groups is 8. The molecule has 0 spiro atoms. The van der Waals surface area contributed by atoms with E-state index in [2.05, 4.69) is 10.6 Å². The number of thiocarbonyl (C=S) groups is 1. The van der Waals surface area contributed by atoms with Gasteiger partial charge in [0.05, 0.1) is 30.6 Å². The molecule has 4 unspecified atom stereocenters. The van der Waals surface area contributed by atoms with E-state index in [1.54, 1.807) is 5.32 Å². The summed E-state index contributed by atoms with van der Waals surface area (Å²) in [6.07, 6.45) is -4.47. The molecule has 1 aromatic rings. The van der Waals surface area contributed by atoms with Crippen LogP contribution in [0.15, 0.2) is 29.2 Å². The van der Waals surface area contributed by atoms with Gasteiger partial charge in [0.1, 0.15) is 24.2 Å². The van der Waals surface area contributed by atoms with Gasteiger partial charge in [0, 0.05) is 5.69 Å². The highest BCUT2D eigenvalue weighted by Gasteiger charge is 2.34. The highest BCUT2D eigenvalue weighted by atomic mass is 32.2. The molecule has 0 aromatic heterocycles. The SMILES string of the molecule is NS(=O)(=O)c1ccc(NC(=S)NC(CC(=O)O)C(=O)NC(CC(=O)O)C(=O)NC(CC(=O)O)C(=O)NC(CC(=O)O)C(=O)O)cc1. The van der Waals surface area contributed by atoms with Crippen LogP contribution in [-0.2, 0) is 48.4 Å². The fourth-order valence-corrected chi connectivity index (χ4v) is 4.17. The highest BCUT2D eigenvalue weighted by Crippen LogP contribution is 2.13. The fourth-order valence-electron chi connectivity index (χ4n) is 3.40. The van der Waals surface area contributed by atoms with Crippen molar-refractivity contribution in [3.8, 4) is 0 Å². The number of aliphatic carboxylic acids is 5. The number of sulfonamides is 1. The van der Waals surface area contributed by atoms with Crippen LogP contribution in [0.1, 0.15) is 25.7 Å². The van der Waals surface area contributed by atoms with Crippen LogP contribution in [0.4, 0.5) is 5.69 Å². The summed E-state index contributed by atoms with van der Waals surface area (Å²) in [6, 6.07) is -3.26. The van der Waals surface area contributed by atoms with E-state index in [4.69, 9.17) is 32.7 Å². The second kappa shape index (κ2) is 17.2. The smallest absolute Gasteiger partial charge is 0.326 e. The van der Waals surface area contributed by atoms with Crippen LogP contribution in [-0.4, -0.2) is 111 Å². The van der Waals surface area contributed by atoms with Crippen LogP contribution in [0.3, 0.4) is 0 Å². The zero-order valence-corrected chi connectivity index (χ0v) is 24.8. The first kappa shape index (κ1) is 38.6. The normalized spacial score (nSPS) is 13.4. The number of benzene rings is 1. The molecule has 21 nitrogen and oxygen atoms in total. The number of primary sulfonamides is 1. The standard InChI is InChI=1S/C23H28N6O15S2/c24-46(43,44)10-3-1-9(2-4-10)25-23(45)29-13(7-17(34)35)21(40)27-11(5-15(30)31)19(38)26-12(6-16(32)33)20(39)28-14(22(41)42)8-18(36)37/h1-4,11-14H,5-8H2,(H,26,38)(H,27,40)(H,28,39)(H,30,31)(H,32,33)(H,34,35)(H,36,37)(H,41,42)(H2,24,43,44)(H2,25,29,45). The van der Waals surface area contributed by atoms with Gasteiger partial charge in [-0.05, 0) is 36.5 Å². The maximum atomic E-state index is 13.0. The number of anilines is 1. The fraction of sp³-hybridized carbons (Fsp3) is 0.348. The maximum Gasteiger partial charge on any atom is 0.326 e. The predicted octanol–water partition coefficient (Wildman–Crippen LogP) is -3.57. The quantitative estimate of drug-likeness (QED) is 0.0662. The second-order valence-corrected chi connectivity index (χ2v) is 11.1. The van der Waals surface area contributed by atoms with E-state index >= 15 is 0 Å². The lowest BCUT2D eigenvalue weighted by Crippen LogP contribution is -2.59. The molecule has 0 aliphatic carbocycles. The van der Waals surface area contributed by atoms with Gasteiger partial charge in [-0.1, -0.05) is 0 Å². The molecule has 46 heavy (non-hydrogen) atoms. The van der Waals surface area contributed by atoms with Crippen molar-refractivity contribution in [1.29, 1.82) is 0 Å². The van der Waals surface area contributed by atoms with E-state index in [1.807, 2.05) is 10.6 Å². The van der Waals surface area contributed by atoms with Crippen molar-refractivity contribution < 1.29 is 72.3 Å². The third-order valence-corrected chi connectivity index (χ3v) is 6.61. The molecule has 0 aliphatic rings. The van der Waals surface area contributed by atoms with Crippen LogP contribution in [0.25, 0.3) is 0 Å². The van der Waals surface area contributed by atoms with Crippen molar-refractivity contribution >= 4 is 80.6 Å². The molecule has 0 saturated carbocycles. The molecule has 12 N–H and O–H groups in total. The summed E-state index contributed by atoms with van der Waals surface area (Å²) in [4.78, 5) is 94.5. The van der Waals surface area contributed by atoms with E-state index in [0.29, 0.717) is 0 Å². The minimum absolute atomic E-state index is 0.166. The minimum atomic E-state index is -4.02. The van der Waals surface area contributed by atoms with Crippen molar-refractivity contribution in [2.24, 2.45) is 5.14 Å². The third-order valence-electron chi connectivity index (χ3n) is 5.46. The summed E-state index contributed by atoms with van der Waals surface area (Å²) in [5.74, 6) is -12.6. The molecule has 1 rings (SSSR count). The molecule has 4 atom stereocenters. The Bertz CT molecular complexity index is 1500. The molecule has 0 bridgehead atoms. The van der Waals surface area contributed by atoms with Gasteiger partial charge in [-0.15, -0.1) is 0 Å². The van der Waals surface area contributed by atoms with Crippen molar-refractivity contribution in [3.63, 3.8) is 0 Å².